The topological polar surface area (TPSA) is 69.7 Å². The first kappa shape index (κ1) is 23.2. The second kappa shape index (κ2) is 9.23. The van der Waals surface area contributed by atoms with Crippen molar-refractivity contribution in [3.8, 4) is 0 Å². The summed E-state index contributed by atoms with van der Waals surface area (Å²) in [6, 6.07) is 23.3. The Morgan fingerprint density at radius 1 is 0.971 bits per heavy atom. The van der Waals surface area contributed by atoms with Crippen molar-refractivity contribution in [2.24, 2.45) is 0 Å². The second-order valence-corrected chi connectivity index (χ2v) is 10.2. The minimum atomic E-state index is -1.21. The van der Waals surface area contributed by atoms with Crippen molar-refractivity contribution in [2.75, 3.05) is 28.6 Å². The molecule has 1 saturated heterocycles. The highest BCUT2D eigenvalue weighted by molar-refractivity contribution is 8.02. The number of thioether (sulfide) groups is 1. The van der Waals surface area contributed by atoms with Crippen LogP contribution in [0.1, 0.15) is 22.3 Å². The molecule has 0 aromatic heterocycles. The van der Waals surface area contributed by atoms with Crippen molar-refractivity contribution >= 4 is 40.9 Å². The molecule has 0 aliphatic carbocycles. The van der Waals surface area contributed by atoms with Crippen molar-refractivity contribution in [1.82, 2.24) is 5.32 Å². The van der Waals surface area contributed by atoms with Gasteiger partial charge in [-0.3, -0.25) is 24.2 Å². The Balaban J connectivity index is 1.43. The molecule has 178 valence electrons. The lowest BCUT2D eigenvalue weighted by Crippen LogP contribution is -2.51. The third kappa shape index (κ3) is 4.10. The third-order valence-electron chi connectivity index (χ3n) is 6.41. The van der Waals surface area contributed by atoms with E-state index in [9.17, 15) is 14.4 Å². The van der Waals surface area contributed by atoms with Gasteiger partial charge in [0.05, 0.1) is 11.4 Å². The number of para-hydroxylation sites is 1. The molecule has 0 unspecified atom stereocenters. The summed E-state index contributed by atoms with van der Waals surface area (Å²) < 4.78 is 0. The lowest BCUT2D eigenvalue weighted by atomic mass is 10.0. The number of hydrogen-bond acceptors (Lipinski definition) is 4. The summed E-state index contributed by atoms with van der Waals surface area (Å²) in [6.45, 7) is 4.35. The first-order valence-electron chi connectivity index (χ1n) is 11.7. The van der Waals surface area contributed by atoms with E-state index in [0.29, 0.717) is 24.3 Å². The fourth-order valence-corrected chi connectivity index (χ4v) is 6.34. The lowest BCUT2D eigenvalue weighted by molar-refractivity contribution is -0.125. The summed E-state index contributed by atoms with van der Waals surface area (Å²) in [6.07, 6.45) is 0.714. The van der Waals surface area contributed by atoms with Crippen LogP contribution in [0.2, 0.25) is 0 Å². The van der Waals surface area contributed by atoms with E-state index in [4.69, 9.17) is 0 Å². The van der Waals surface area contributed by atoms with E-state index in [2.05, 4.69) is 5.32 Å². The molecule has 7 heteroatoms. The van der Waals surface area contributed by atoms with Gasteiger partial charge in [0.25, 0.3) is 5.91 Å². The van der Waals surface area contributed by atoms with E-state index in [-0.39, 0.29) is 30.0 Å². The Morgan fingerprint density at radius 2 is 1.66 bits per heavy atom. The smallest absolute Gasteiger partial charge is 0.269 e. The summed E-state index contributed by atoms with van der Waals surface area (Å²) >= 11 is 1.33. The minimum absolute atomic E-state index is 0.0954. The normalized spacial score (nSPS) is 18.9. The SMILES string of the molecule is Cc1cc(C)cc(N2C(=O)CS[C@]23C(=O)N(CC(=O)NCCc2ccccc2)c2ccccc23)c1. The molecule has 2 heterocycles. The van der Waals surface area contributed by atoms with Gasteiger partial charge in [0.1, 0.15) is 6.54 Å². The standard InChI is InChI=1S/C28H27N3O3S/c1-19-14-20(2)16-22(15-19)31-26(33)18-35-28(31)23-10-6-7-11-24(23)30(27(28)34)17-25(32)29-13-12-21-8-4-3-5-9-21/h3-11,14-16H,12-13,17-18H2,1-2H3,(H,29,32)/t28-/m1/s1. The van der Waals surface area contributed by atoms with Crippen LogP contribution < -0.4 is 15.1 Å². The van der Waals surface area contributed by atoms with Crippen LogP contribution in [0, 0.1) is 13.8 Å². The number of carbonyl (C=O) groups is 3. The number of hydrogen-bond donors (Lipinski definition) is 1. The number of carbonyl (C=O) groups excluding carboxylic acids is 3. The predicted octanol–water partition coefficient (Wildman–Crippen LogP) is 3.94. The first-order valence-corrected chi connectivity index (χ1v) is 12.7. The molecule has 5 rings (SSSR count). The average molecular weight is 486 g/mol. The van der Waals surface area contributed by atoms with E-state index in [0.717, 1.165) is 22.3 Å². The molecule has 35 heavy (non-hydrogen) atoms. The third-order valence-corrected chi connectivity index (χ3v) is 7.79. The first-order chi connectivity index (χ1) is 16.9. The number of anilines is 2. The maximum absolute atomic E-state index is 14.0. The Kier molecular flexibility index (Phi) is 6.11. The summed E-state index contributed by atoms with van der Waals surface area (Å²) in [5.74, 6) is -0.401. The van der Waals surface area contributed by atoms with Gasteiger partial charge in [0.2, 0.25) is 16.7 Å². The maximum atomic E-state index is 14.0. The van der Waals surface area contributed by atoms with Crippen LogP contribution in [-0.2, 0) is 25.7 Å². The number of fused-ring (bicyclic) bond motifs is 2. The number of amides is 3. The average Bonchev–Trinajstić information content (AvgIpc) is 3.30. The van der Waals surface area contributed by atoms with Gasteiger partial charge in [0, 0.05) is 17.8 Å². The van der Waals surface area contributed by atoms with Crippen LogP contribution in [0.25, 0.3) is 0 Å². The highest BCUT2D eigenvalue weighted by atomic mass is 32.2. The molecule has 1 spiro atoms. The molecule has 1 atom stereocenters. The number of nitrogens with zero attached hydrogens (tertiary/aromatic N) is 2. The lowest BCUT2D eigenvalue weighted by Gasteiger charge is -2.33. The van der Waals surface area contributed by atoms with Crippen molar-refractivity contribution in [1.29, 1.82) is 0 Å². The van der Waals surface area contributed by atoms with E-state index in [1.54, 1.807) is 4.90 Å². The summed E-state index contributed by atoms with van der Waals surface area (Å²) in [5.41, 5.74) is 5.31. The molecular weight excluding hydrogens is 458 g/mol. The van der Waals surface area contributed by atoms with E-state index in [1.165, 1.54) is 16.7 Å². The zero-order valence-electron chi connectivity index (χ0n) is 19.8. The Hall–Kier alpha value is -3.58. The van der Waals surface area contributed by atoms with Crippen molar-refractivity contribution in [3.05, 3.63) is 95.1 Å². The molecule has 0 radical (unpaired) electrons. The van der Waals surface area contributed by atoms with Crippen LogP contribution in [0.15, 0.2) is 72.8 Å². The second-order valence-electron chi connectivity index (χ2n) is 9.00. The number of rotatable bonds is 6. The Bertz CT molecular complexity index is 1290. The number of benzene rings is 3. The molecular formula is C28H27N3O3S. The van der Waals surface area contributed by atoms with Gasteiger partial charge in [-0.1, -0.05) is 54.6 Å². The van der Waals surface area contributed by atoms with Crippen LogP contribution in [0.5, 0.6) is 0 Å². The summed E-state index contributed by atoms with van der Waals surface area (Å²) in [5, 5.41) is 2.93. The molecule has 0 bridgehead atoms. The molecule has 3 aromatic rings. The molecule has 3 aromatic carbocycles. The van der Waals surface area contributed by atoms with E-state index in [1.807, 2.05) is 86.6 Å². The zero-order chi connectivity index (χ0) is 24.6. The molecule has 3 amide bonds. The molecule has 2 aliphatic rings. The molecule has 2 aliphatic heterocycles. The van der Waals surface area contributed by atoms with E-state index < -0.39 is 4.87 Å². The van der Waals surface area contributed by atoms with Crippen LogP contribution >= 0.6 is 11.8 Å². The summed E-state index contributed by atoms with van der Waals surface area (Å²) in [4.78, 5) is 42.0. The van der Waals surface area contributed by atoms with Gasteiger partial charge in [0.15, 0.2) is 0 Å². The molecule has 1 fully saturated rings. The maximum Gasteiger partial charge on any atom is 0.269 e. The highest BCUT2D eigenvalue weighted by Crippen LogP contribution is 2.55. The summed E-state index contributed by atoms with van der Waals surface area (Å²) in [7, 11) is 0. The van der Waals surface area contributed by atoms with Crippen LogP contribution in [0.4, 0.5) is 11.4 Å². The highest BCUT2D eigenvalue weighted by Gasteiger charge is 2.61. The Morgan fingerprint density at radius 3 is 2.40 bits per heavy atom. The largest absolute Gasteiger partial charge is 0.354 e. The van der Waals surface area contributed by atoms with Crippen LogP contribution in [0.3, 0.4) is 0 Å². The van der Waals surface area contributed by atoms with Gasteiger partial charge in [-0.15, -0.1) is 11.8 Å². The molecule has 6 nitrogen and oxygen atoms in total. The van der Waals surface area contributed by atoms with Gasteiger partial charge >= 0.3 is 0 Å². The molecule has 0 saturated carbocycles. The van der Waals surface area contributed by atoms with Gasteiger partial charge in [-0.05, 0) is 55.2 Å². The fraction of sp³-hybridized carbons (Fsp3) is 0.250. The van der Waals surface area contributed by atoms with Gasteiger partial charge in [-0.25, -0.2) is 0 Å². The Labute approximate surface area is 209 Å². The number of aryl methyl sites for hydroxylation is 2. The van der Waals surface area contributed by atoms with Crippen molar-refractivity contribution in [3.63, 3.8) is 0 Å². The van der Waals surface area contributed by atoms with Crippen molar-refractivity contribution in [2.45, 2.75) is 25.1 Å². The predicted molar refractivity (Wildman–Crippen MR) is 139 cm³/mol. The van der Waals surface area contributed by atoms with Gasteiger partial charge < -0.3 is 5.32 Å². The van der Waals surface area contributed by atoms with E-state index >= 15 is 0 Å². The monoisotopic (exact) mass is 485 g/mol. The molecule has 1 N–H and O–H groups in total. The number of nitrogens with one attached hydrogen (secondary N) is 1. The fourth-order valence-electron chi connectivity index (χ4n) is 4.98. The van der Waals surface area contributed by atoms with Crippen molar-refractivity contribution < 1.29 is 14.4 Å². The quantitative estimate of drug-likeness (QED) is 0.574. The minimum Gasteiger partial charge on any atom is -0.354 e. The van der Waals surface area contributed by atoms with Crippen LogP contribution in [-0.4, -0.2) is 36.6 Å². The van der Waals surface area contributed by atoms with Gasteiger partial charge in [-0.2, -0.15) is 0 Å². The zero-order valence-corrected chi connectivity index (χ0v) is 20.6.